The highest BCUT2D eigenvalue weighted by molar-refractivity contribution is 5.96. The lowest BCUT2D eigenvalue weighted by atomic mass is 10.3. The van der Waals surface area contributed by atoms with E-state index in [2.05, 4.69) is 4.74 Å². The van der Waals surface area contributed by atoms with Gasteiger partial charge in [-0.15, -0.1) is 0 Å². The number of carboxylic acid groups (broad SMARTS) is 2. The van der Waals surface area contributed by atoms with Gasteiger partial charge < -0.3 is 19.8 Å². The van der Waals surface area contributed by atoms with Gasteiger partial charge in [0, 0.05) is 0 Å². The van der Waals surface area contributed by atoms with Gasteiger partial charge in [-0.3, -0.25) is 19.2 Å². The summed E-state index contributed by atoms with van der Waals surface area (Å²) in [6.45, 7) is -1.55. The molecule has 8 heteroatoms. The molecule has 0 aromatic carbocycles. The molecule has 0 atom stereocenters. The van der Waals surface area contributed by atoms with Gasteiger partial charge in [-0.25, -0.2) is 0 Å². The number of amides is 1. The van der Waals surface area contributed by atoms with E-state index in [1.807, 2.05) is 0 Å². The molecule has 16 heavy (non-hydrogen) atoms. The highest BCUT2D eigenvalue weighted by Crippen LogP contribution is 1.96. The van der Waals surface area contributed by atoms with E-state index in [1.54, 1.807) is 0 Å². The lowest BCUT2D eigenvalue weighted by Crippen LogP contribution is -2.40. The minimum atomic E-state index is -1.36. The van der Waals surface area contributed by atoms with Crippen LogP contribution in [0.15, 0.2) is 0 Å². The lowest BCUT2D eigenvalue weighted by molar-refractivity contribution is -0.154. The standard InChI is InChI=1S/C8H11NO7/c1-16-8(15)2-5(10)9(3-6(11)12)4-7(13)14/h2-4H2,1H3,(H,11,12)(H,13,14). The zero-order valence-corrected chi connectivity index (χ0v) is 8.50. The van der Waals surface area contributed by atoms with Crippen LogP contribution in [0.4, 0.5) is 0 Å². The third-order valence-electron chi connectivity index (χ3n) is 1.53. The molecule has 0 aliphatic heterocycles. The summed E-state index contributed by atoms with van der Waals surface area (Å²) in [6.07, 6.45) is -0.683. The Kier molecular flexibility index (Phi) is 5.53. The normalized spacial score (nSPS) is 9.31. The first-order valence-electron chi connectivity index (χ1n) is 4.15. The summed E-state index contributed by atoms with van der Waals surface area (Å²) in [5.41, 5.74) is 0. The summed E-state index contributed by atoms with van der Waals surface area (Å²) in [5, 5.41) is 16.9. The van der Waals surface area contributed by atoms with Crippen LogP contribution < -0.4 is 0 Å². The number of ether oxygens (including phenoxy) is 1. The van der Waals surface area contributed by atoms with Gasteiger partial charge in [0.15, 0.2) is 0 Å². The van der Waals surface area contributed by atoms with Gasteiger partial charge in [-0.2, -0.15) is 0 Å². The van der Waals surface area contributed by atoms with Crippen LogP contribution in [0.5, 0.6) is 0 Å². The average molecular weight is 233 g/mol. The van der Waals surface area contributed by atoms with Crippen molar-refractivity contribution in [3.63, 3.8) is 0 Å². The van der Waals surface area contributed by atoms with Crippen molar-refractivity contribution in [1.29, 1.82) is 0 Å². The highest BCUT2D eigenvalue weighted by atomic mass is 16.5. The van der Waals surface area contributed by atoms with Gasteiger partial charge >= 0.3 is 17.9 Å². The number of hydrogen-bond donors (Lipinski definition) is 2. The molecule has 0 aliphatic rings. The molecule has 0 saturated carbocycles. The van der Waals surface area contributed by atoms with E-state index in [0.717, 1.165) is 7.11 Å². The summed E-state index contributed by atoms with van der Waals surface area (Å²) in [7, 11) is 1.06. The number of rotatable bonds is 6. The van der Waals surface area contributed by atoms with Crippen LogP contribution in [0.25, 0.3) is 0 Å². The molecule has 0 rings (SSSR count). The second-order valence-corrected chi connectivity index (χ2v) is 2.79. The third-order valence-corrected chi connectivity index (χ3v) is 1.53. The van der Waals surface area contributed by atoms with Crippen LogP contribution >= 0.6 is 0 Å². The van der Waals surface area contributed by atoms with Crippen molar-refractivity contribution in [3.8, 4) is 0 Å². The molecule has 0 unspecified atom stereocenters. The number of carbonyl (C=O) groups excluding carboxylic acids is 2. The van der Waals surface area contributed by atoms with Gasteiger partial charge in [-0.1, -0.05) is 0 Å². The summed E-state index contributed by atoms with van der Waals surface area (Å²) in [5.74, 6) is -4.48. The molecule has 90 valence electrons. The molecule has 0 saturated heterocycles. The number of carboxylic acids is 2. The molecule has 1 amide bonds. The Bertz CT molecular complexity index is 296. The SMILES string of the molecule is COC(=O)CC(=O)N(CC(=O)O)CC(=O)O. The van der Waals surface area contributed by atoms with Crippen molar-refractivity contribution in [2.24, 2.45) is 0 Å². The molecule has 0 radical (unpaired) electrons. The number of hydrogen-bond acceptors (Lipinski definition) is 5. The summed E-state index contributed by atoms with van der Waals surface area (Å²) < 4.78 is 4.20. The van der Waals surface area contributed by atoms with Crippen LogP contribution in [-0.2, 0) is 23.9 Å². The molecule has 0 bridgehead atoms. The molecule has 8 nitrogen and oxygen atoms in total. The lowest BCUT2D eigenvalue weighted by Gasteiger charge is -2.17. The molecular weight excluding hydrogens is 222 g/mol. The predicted octanol–water partition coefficient (Wildman–Crippen LogP) is -1.45. The molecule has 0 spiro atoms. The van der Waals surface area contributed by atoms with E-state index < -0.39 is 43.3 Å². The van der Waals surface area contributed by atoms with Gasteiger partial charge in [-0.05, 0) is 0 Å². The maximum atomic E-state index is 11.3. The van der Waals surface area contributed by atoms with Crippen molar-refractivity contribution in [2.45, 2.75) is 6.42 Å². The van der Waals surface area contributed by atoms with Crippen LogP contribution in [-0.4, -0.2) is 59.1 Å². The molecule has 0 aliphatic carbocycles. The number of aliphatic carboxylic acids is 2. The van der Waals surface area contributed by atoms with E-state index in [0.29, 0.717) is 4.90 Å². The first-order chi connectivity index (χ1) is 7.36. The van der Waals surface area contributed by atoms with Crippen molar-refractivity contribution < 1.29 is 34.1 Å². The first kappa shape index (κ1) is 13.9. The maximum Gasteiger partial charge on any atom is 0.323 e. The predicted molar refractivity (Wildman–Crippen MR) is 48.5 cm³/mol. The van der Waals surface area contributed by atoms with Gasteiger partial charge in [0.2, 0.25) is 5.91 Å². The average Bonchev–Trinajstić information content (AvgIpc) is 2.15. The fourth-order valence-corrected chi connectivity index (χ4v) is 0.866. The van der Waals surface area contributed by atoms with Crippen LogP contribution in [0.3, 0.4) is 0 Å². The molecule has 0 aromatic heterocycles. The Morgan fingerprint density at radius 3 is 1.81 bits per heavy atom. The number of nitrogens with zero attached hydrogens (tertiary/aromatic N) is 1. The zero-order chi connectivity index (χ0) is 12.7. The fraction of sp³-hybridized carbons (Fsp3) is 0.500. The largest absolute Gasteiger partial charge is 0.480 e. The smallest absolute Gasteiger partial charge is 0.323 e. The quantitative estimate of drug-likeness (QED) is 0.425. The molecule has 2 N–H and O–H groups in total. The van der Waals surface area contributed by atoms with Crippen LogP contribution in [0.2, 0.25) is 0 Å². The van der Waals surface area contributed by atoms with E-state index in [4.69, 9.17) is 10.2 Å². The van der Waals surface area contributed by atoms with Crippen LogP contribution in [0.1, 0.15) is 6.42 Å². The highest BCUT2D eigenvalue weighted by Gasteiger charge is 2.22. The van der Waals surface area contributed by atoms with Gasteiger partial charge in [0.1, 0.15) is 19.5 Å². The Morgan fingerprint density at radius 1 is 1.06 bits per heavy atom. The Hall–Kier alpha value is -2.12. The summed E-state index contributed by atoms with van der Waals surface area (Å²) in [6, 6.07) is 0. The van der Waals surface area contributed by atoms with Crippen molar-refractivity contribution >= 4 is 23.8 Å². The number of methoxy groups -OCH3 is 1. The molecular formula is C8H11NO7. The van der Waals surface area contributed by atoms with Crippen molar-refractivity contribution in [3.05, 3.63) is 0 Å². The molecule has 0 heterocycles. The summed E-state index contributed by atoms with van der Waals surface area (Å²) in [4.78, 5) is 43.3. The van der Waals surface area contributed by atoms with E-state index >= 15 is 0 Å². The first-order valence-corrected chi connectivity index (χ1v) is 4.15. The number of carbonyl (C=O) groups is 4. The third kappa shape index (κ3) is 5.58. The molecule has 0 aromatic rings. The van der Waals surface area contributed by atoms with E-state index in [9.17, 15) is 19.2 Å². The van der Waals surface area contributed by atoms with Gasteiger partial charge in [0.25, 0.3) is 0 Å². The molecule has 0 fully saturated rings. The summed E-state index contributed by atoms with van der Waals surface area (Å²) >= 11 is 0. The monoisotopic (exact) mass is 233 g/mol. The van der Waals surface area contributed by atoms with E-state index in [-0.39, 0.29) is 0 Å². The van der Waals surface area contributed by atoms with Crippen molar-refractivity contribution in [1.82, 2.24) is 4.90 Å². The van der Waals surface area contributed by atoms with E-state index in [1.165, 1.54) is 0 Å². The second-order valence-electron chi connectivity index (χ2n) is 2.79. The minimum Gasteiger partial charge on any atom is -0.480 e. The maximum absolute atomic E-state index is 11.3. The minimum absolute atomic E-state index is 0.543. The number of esters is 1. The van der Waals surface area contributed by atoms with Crippen LogP contribution in [0, 0.1) is 0 Å². The van der Waals surface area contributed by atoms with Gasteiger partial charge in [0.05, 0.1) is 7.11 Å². The topological polar surface area (TPSA) is 121 Å². The Labute approximate surface area is 90.4 Å². The Balaban J connectivity index is 4.48. The zero-order valence-electron chi connectivity index (χ0n) is 8.50. The fourth-order valence-electron chi connectivity index (χ4n) is 0.866. The Morgan fingerprint density at radius 2 is 1.50 bits per heavy atom. The van der Waals surface area contributed by atoms with Crippen molar-refractivity contribution in [2.75, 3.05) is 20.2 Å². The second kappa shape index (κ2) is 6.38.